The number of para-hydroxylation sites is 1. The number of rotatable bonds is 8. The molecule has 4 rings (SSSR count). The zero-order chi connectivity index (χ0) is 26.2. The summed E-state index contributed by atoms with van der Waals surface area (Å²) in [5.41, 5.74) is 5.54. The van der Waals surface area contributed by atoms with Crippen molar-refractivity contribution in [3.63, 3.8) is 0 Å². The lowest BCUT2D eigenvalue weighted by Gasteiger charge is -2.06. The summed E-state index contributed by atoms with van der Waals surface area (Å²) in [6.07, 6.45) is 4.15. The van der Waals surface area contributed by atoms with Crippen LogP contribution in [0.15, 0.2) is 84.1 Å². The second-order valence-corrected chi connectivity index (χ2v) is 8.68. The van der Waals surface area contributed by atoms with Crippen LogP contribution in [0.2, 0.25) is 10.0 Å². The van der Waals surface area contributed by atoms with E-state index in [1.165, 1.54) is 24.4 Å². The Labute approximate surface area is 223 Å². The number of hydrogen-bond donors (Lipinski definition) is 2. The summed E-state index contributed by atoms with van der Waals surface area (Å²) in [4.78, 5) is 24.5. The Kier molecular flexibility index (Phi) is 8.56. The van der Waals surface area contributed by atoms with Gasteiger partial charge in [-0.25, -0.2) is 10.1 Å². The van der Waals surface area contributed by atoms with E-state index in [0.717, 1.165) is 23.4 Å². The molecule has 0 saturated carbocycles. The molecule has 2 N–H and O–H groups in total. The van der Waals surface area contributed by atoms with Crippen molar-refractivity contribution in [3.05, 3.63) is 94.6 Å². The predicted molar refractivity (Wildman–Crippen MR) is 146 cm³/mol. The van der Waals surface area contributed by atoms with Gasteiger partial charge in [0.1, 0.15) is 11.4 Å². The minimum atomic E-state index is -0.947. The first-order valence-electron chi connectivity index (χ1n) is 11.4. The highest BCUT2D eigenvalue weighted by Crippen LogP contribution is 2.26. The van der Waals surface area contributed by atoms with Crippen LogP contribution in [0.1, 0.15) is 18.9 Å². The average molecular weight is 536 g/mol. The highest BCUT2D eigenvalue weighted by Gasteiger charge is 2.15. The van der Waals surface area contributed by atoms with Gasteiger partial charge in [0, 0.05) is 23.0 Å². The van der Waals surface area contributed by atoms with Crippen LogP contribution in [-0.4, -0.2) is 34.4 Å². The third kappa shape index (κ3) is 6.75. The van der Waals surface area contributed by atoms with Gasteiger partial charge in [0.15, 0.2) is 0 Å². The van der Waals surface area contributed by atoms with Crippen LogP contribution in [0.25, 0.3) is 16.9 Å². The van der Waals surface area contributed by atoms with E-state index in [9.17, 15) is 9.59 Å². The van der Waals surface area contributed by atoms with E-state index < -0.39 is 11.8 Å². The first kappa shape index (κ1) is 25.9. The highest BCUT2D eigenvalue weighted by atomic mass is 35.5. The SMILES string of the molecule is CCCOc1ccc(-c2nn(-c3ccccc3)cc2C=NNC(=O)C(=O)Nc2ccc(Cl)c(Cl)c2)cc1. The van der Waals surface area contributed by atoms with Crippen molar-refractivity contribution >= 4 is 46.9 Å². The van der Waals surface area contributed by atoms with E-state index in [2.05, 4.69) is 15.8 Å². The molecule has 8 nitrogen and oxygen atoms in total. The lowest BCUT2D eigenvalue weighted by atomic mass is 10.1. The summed E-state index contributed by atoms with van der Waals surface area (Å²) in [7, 11) is 0. The molecule has 0 aliphatic carbocycles. The van der Waals surface area contributed by atoms with Gasteiger partial charge < -0.3 is 10.1 Å². The molecule has 0 bridgehead atoms. The Bertz CT molecular complexity index is 1420. The first-order chi connectivity index (χ1) is 17.9. The number of halogens is 2. The number of benzene rings is 3. The molecule has 37 heavy (non-hydrogen) atoms. The van der Waals surface area contributed by atoms with Crippen LogP contribution in [0.5, 0.6) is 5.75 Å². The van der Waals surface area contributed by atoms with E-state index in [1.807, 2.05) is 61.5 Å². The number of hydrazone groups is 1. The van der Waals surface area contributed by atoms with Gasteiger partial charge in [0.25, 0.3) is 0 Å². The molecule has 0 aliphatic rings. The number of ether oxygens (including phenoxy) is 1. The summed E-state index contributed by atoms with van der Waals surface area (Å²) in [6, 6.07) is 21.7. The van der Waals surface area contributed by atoms with Gasteiger partial charge in [-0.1, -0.05) is 48.3 Å². The van der Waals surface area contributed by atoms with Crippen LogP contribution in [-0.2, 0) is 9.59 Å². The second-order valence-electron chi connectivity index (χ2n) is 7.87. The molecule has 0 aliphatic heterocycles. The number of carbonyl (C=O) groups is 2. The maximum Gasteiger partial charge on any atom is 0.329 e. The number of anilines is 1. The van der Waals surface area contributed by atoms with Gasteiger partial charge in [-0.05, 0) is 61.0 Å². The maximum atomic E-state index is 12.3. The number of hydrogen-bond acceptors (Lipinski definition) is 5. The summed E-state index contributed by atoms with van der Waals surface area (Å²) < 4.78 is 7.39. The first-order valence-corrected chi connectivity index (χ1v) is 12.2. The molecule has 188 valence electrons. The molecule has 10 heteroatoms. The molecule has 1 heterocycles. The molecule has 0 spiro atoms. The van der Waals surface area contributed by atoms with Gasteiger partial charge in [-0.2, -0.15) is 10.2 Å². The summed E-state index contributed by atoms with van der Waals surface area (Å²) >= 11 is 11.8. The third-order valence-electron chi connectivity index (χ3n) is 5.12. The molecule has 2 amide bonds. The van der Waals surface area contributed by atoms with Crippen LogP contribution in [0, 0.1) is 0 Å². The third-order valence-corrected chi connectivity index (χ3v) is 5.86. The fraction of sp³-hybridized carbons (Fsp3) is 0.111. The molecular weight excluding hydrogens is 513 g/mol. The zero-order valence-electron chi connectivity index (χ0n) is 19.8. The molecule has 0 unspecified atom stereocenters. The van der Waals surface area contributed by atoms with Crippen LogP contribution >= 0.6 is 23.2 Å². The molecule has 1 aromatic heterocycles. The Balaban J connectivity index is 1.52. The number of amides is 2. The molecule has 0 atom stereocenters. The molecule has 0 fully saturated rings. The Morgan fingerprint density at radius 1 is 1.00 bits per heavy atom. The van der Waals surface area contributed by atoms with Gasteiger partial charge in [0.05, 0.1) is 28.6 Å². The monoisotopic (exact) mass is 535 g/mol. The zero-order valence-corrected chi connectivity index (χ0v) is 21.3. The molecule has 3 aromatic carbocycles. The van der Waals surface area contributed by atoms with Crippen LogP contribution in [0.4, 0.5) is 5.69 Å². The van der Waals surface area contributed by atoms with Gasteiger partial charge in [-0.15, -0.1) is 0 Å². The van der Waals surface area contributed by atoms with E-state index in [4.69, 9.17) is 33.0 Å². The minimum absolute atomic E-state index is 0.255. The maximum absolute atomic E-state index is 12.3. The van der Waals surface area contributed by atoms with E-state index in [1.54, 1.807) is 10.9 Å². The fourth-order valence-corrected chi connectivity index (χ4v) is 3.62. The minimum Gasteiger partial charge on any atom is -0.494 e. The van der Waals surface area contributed by atoms with Crippen molar-refractivity contribution in [1.82, 2.24) is 15.2 Å². The topological polar surface area (TPSA) is 97.6 Å². The van der Waals surface area contributed by atoms with Crippen molar-refractivity contribution in [3.8, 4) is 22.7 Å². The quantitative estimate of drug-likeness (QED) is 0.171. The molecule has 0 radical (unpaired) electrons. The number of nitrogens with zero attached hydrogens (tertiary/aromatic N) is 3. The highest BCUT2D eigenvalue weighted by molar-refractivity contribution is 6.43. The van der Waals surface area contributed by atoms with Crippen LogP contribution in [0.3, 0.4) is 0 Å². The molecular formula is C27H23Cl2N5O3. The Hall–Kier alpha value is -4.14. The Morgan fingerprint density at radius 2 is 1.76 bits per heavy atom. The molecule has 0 saturated heterocycles. The average Bonchev–Trinajstić information content (AvgIpc) is 3.34. The molecule has 4 aromatic rings. The Morgan fingerprint density at radius 3 is 2.46 bits per heavy atom. The van der Waals surface area contributed by atoms with Gasteiger partial charge in [-0.3, -0.25) is 9.59 Å². The van der Waals surface area contributed by atoms with Crippen molar-refractivity contribution in [1.29, 1.82) is 0 Å². The fourth-order valence-electron chi connectivity index (χ4n) is 3.32. The number of nitrogens with one attached hydrogen (secondary N) is 2. The van der Waals surface area contributed by atoms with Crippen molar-refractivity contribution in [2.24, 2.45) is 5.10 Å². The lowest BCUT2D eigenvalue weighted by molar-refractivity contribution is -0.136. The van der Waals surface area contributed by atoms with Gasteiger partial charge in [0.2, 0.25) is 0 Å². The van der Waals surface area contributed by atoms with E-state index >= 15 is 0 Å². The van der Waals surface area contributed by atoms with Crippen LogP contribution < -0.4 is 15.5 Å². The standard InChI is InChI=1S/C27H23Cl2N5O3/c1-2-14-37-22-11-8-18(9-12-22)25-19(17-34(33-25)21-6-4-3-5-7-21)16-30-32-27(36)26(35)31-20-10-13-23(28)24(29)15-20/h3-13,15-17H,2,14H2,1H3,(H,31,35)(H,32,36). The van der Waals surface area contributed by atoms with Crippen molar-refractivity contribution in [2.45, 2.75) is 13.3 Å². The lowest BCUT2D eigenvalue weighted by Crippen LogP contribution is -2.32. The van der Waals surface area contributed by atoms with Crippen molar-refractivity contribution in [2.75, 3.05) is 11.9 Å². The largest absolute Gasteiger partial charge is 0.494 e. The predicted octanol–water partition coefficient (Wildman–Crippen LogP) is 5.72. The summed E-state index contributed by atoms with van der Waals surface area (Å²) in [5.74, 6) is -1.08. The summed E-state index contributed by atoms with van der Waals surface area (Å²) in [5, 5.41) is 11.7. The van der Waals surface area contributed by atoms with Gasteiger partial charge >= 0.3 is 11.8 Å². The van der Waals surface area contributed by atoms with Crippen molar-refractivity contribution < 1.29 is 14.3 Å². The van der Waals surface area contributed by atoms with E-state index in [0.29, 0.717) is 28.6 Å². The number of aromatic nitrogens is 2. The summed E-state index contributed by atoms with van der Waals surface area (Å²) in [6.45, 7) is 2.68. The normalized spacial score (nSPS) is 10.9. The smallest absolute Gasteiger partial charge is 0.329 e. The number of carbonyl (C=O) groups excluding carboxylic acids is 2. The van der Waals surface area contributed by atoms with E-state index in [-0.39, 0.29) is 5.02 Å². The second kappa shape index (κ2) is 12.2.